The lowest BCUT2D eigenvalue weighted by Crippen LogP contribution is -2.50. The van der Waals surface area contributed by atoms with Crippen LogP contribution in [-0.2, 0) is 19.1 Å². The zero-order valence-corrected chi connectivity index (χ0v) is 14.4. The number of nitrogens with one attached hydrogen (secondary N) is 2. The maximum absolute atomic E-state index is 12.1. The normalized spacial score (nSPS) is 21.2. The van der Waals surface area contributed by atoms with Gasteiger partial charge in [-0.15, -0.1) is 0 Å². The Kier molecular flexibility index (Phi) is 6.63. The number of urea groups is 1. The summed E-state index contributed by atoms with van der Waals surface area (Å²) in [6.07, 6.45) is 6.07. The van der Waals surface area contributed by atoms with Crippen LogP contribution in [0.5, 0.6) is 0 Å². The molecule has 0 bridgehead atoms. The van der Waals surface area contributed by atoms with Gasteiger partial charge in [0, 0.05) is 6.42 Å². The standard InChI is InChI=1S/C17H26N2O5/c1-3-23-16(21)15-11(2)18-17(22)19-13(15)10-24-14(20)9-8-12-6-4-5-7-12/h11-12H,3-10H2,1-2H3,(H2,18,19,22)/t11-/m0/s1. The van der Waals surface area contributed by atoms with Gasteiger partial charge in [0.2, 0.25) is 0 Å². The molecular formula is C17H26N2O5. The Bertz CT molecular complexity index is 523. The molecule has 134 valence electrons. The largest absolute Gasteiger partial charge is 0.463 e. The van der Waals surface area contributed by atoms with Gasteiger partial charge in [0.25, 0.3) is 0 Å². The first-order valence-electron chi connectivity index (χ1n) is 8.64. The summed E-state index contributed by atoms with van der Waals surface area (Å²) in [6, 6.07) is -0.919. The fourth-order valence-corrected chi connectivity index (χ4v) is 3.24. The van der Waals surface area contributed by atoms with Crippen molar-refractivity contribution in [2.45, 2.75) is 58.4 Å². The molecule has 2 rings (SSSR count). The fourth-order valence-electron chi connectivity index (χ4n) is 3.24. The Morgan fingerprint density at radius 2 is 1.92 bits per heavy atom. The number of hydrogen-bond acceptors (Lipinski definition) is 5. The van der Waals surface area contributed by atoms with E-state index in [1.807, 2.05) is 0 Å². The number of ether oxygens (including phenoxy) is 2. The maximum Gasteiger partial charge on any atom is 0.338 e. The van der Waals surface area contributed by atoms with Gasteiger partial charge in [0.1, 0.15) is 6.61 Å². The Balaban J connectivity index is 1.92. The molecule has 7 nitrogen and oxygen atoms in total. The summed E-state index contributed by atoms with van der Waals surface area (Å²) in [4.78, 5) is 35.6. The van der Waals surface area contributed by atoms with E-state index >= 15 is 0 Å². The van der Waals surface area contributed by atoms with Gasteiger partial charge >= 0.3 is 18.0 Å². The molecule has 1 atom stereocenters. The van der Waals surface area contributed by atoms with Crippen LogP contribution in [0.2, 0.25) is 0 Å². The quantitative estimate of drug-likeness (QED) is 0.693. The van der Waals surface area contributed by atoms with Crippen LogP contribution in [0, 0.1) is 5.92 Å². The van der Waals surface area contributed by atoms with Crippen LogP contribution >= 0.6 is 0 Å². The van der Waals surface area contributed by atoms with Crippen LogP contribution in [0.4, 0.5) is 4.79 Å². The number of rotatable bonds is 7. The summed E-state index contributed by atoms with van der Waals surface area (Å²) in [7, 11) is 0. The molecule has 2 amide bonds. The average Bonchev–Trinajstić information content (AvgIpc) is 3.03. The number of esters is 2. The Hall–Kier alpha value is -2.05. The molecule has 1 fully saturated rings. The topological polar surface area (TPSA) is 93.7 Å². The van der Waals surface area contributed by atoms with Crippen LogP contribution in [0.25, 0.3) is 0 Å². The summed E-state index contributed by atoms with van der Waals surface area (Å²) in [5, 5.41) is 5.14. The molecule has 0 spiro atoms. The number of hydrogen-bond donors (Lipinski definition) is 2. The van der Waals surface area contributed by atoms with E-state index in [1.54, 1.807) is 13.8 Å². The maximum atomic E-state index is 12.1. The predicted molar refractivity (Wildman–Crippen MR) is 86.9 cm³/mol. The number of carbonyl (C=O) groups excluding carboxylic acids is 3. The smallest absolute Gasteiger partial charge is 0.338 e. The van der Waals surface area contributed by atoms with Gasteiger partial charge in [0.15, 0.2) is 0 Å². The number of carbonyl (C=O) groups is 3. The minimum absolute atomic E-state index is 0.130. The summed E-state index contributed by atoms with van der Waals surface area (Å²) >= 11 is 0. The Labute approximate surface area is 142 Å². The molecule has 0 unspecified atom stereocenters. The van der Waals surface area contributed by atoms with Crippen molar-refractivity contribution in [1.29, 1.82) is 0 Å². The summed E-state index contributed by atoms with van der Waals surface area (Å²) < 4.78 is 10.3. The second-order valence-electron chi connectivity index (χ2n) is 6.28. The van der Waals surface area contributed by atoms with E-state index in [0.29, 0.717) is 23.6 Å². The lowest BCUT2D eigenvalue weighted by Gasteiger charge is -2.26. The first-order chi connectivity index (χ1) is 11.5. The van der Waals surface area contributed by atoms with Gasteiger partial charge < -0.3 is 20.1 Å². The molecule has 24 heavy (non-hydrogen) atoms. The first-order valence-corrected chi connectivity index (χ1v) is 8.64. The van der Waals surface area contributed by atoms with Gasteiger partial charge in [-0.1, -0.05) is 25.7 Å². The number of amides is 2. The molecule has 1 aliphatic heterocycles. The van der Waals surface area contributed by atoms with Gasteiger partial charge in [-0.3, -0.25) is 4.79 Å². The summed E-state index contributed by atoms with van der Waals surface area (Å²) in [5.74, 6) is -0.210. The monoisotopic (exact) mass is 338 g/mol. The van der Waals surface area contributed by atoms with E-state index in [9.17, 15) is 14.4 Å². The molecule has 1 heterocycles. The summed E-state index contributed by atoms with van der Waals surface area (Å²) in [6.45, 7) is 3.50. The minimum Gasteiger partial charge on any atom is -0.463 e. The van der Waals surface area contributed by atoms with Crippen LogP contribution in [0.1, 0.15) is 52.4 Å². The van der Waals surface area contributed by atoms with Gasteiger partial charge in [-0.25, -0.2) is 9.59 Å². The molecule has 0 aromatic heterocycles. The van der Waals surface area contributed by atoms with E-state index in [4.69, 9.17) is 9.47 Å². The van der Waals surface area contributed by atoms with Crippen molar-refractivity contribution < 1.29 is 23.9 Å². The fraction of sp³-hybridized carbons (Fsp3) is 0.706. The molecule has 7 heteroatoms. The highest BCUT2D eigenvalue weighted by Gasteiger charge is 2.30. The van der Waals surface area contributed by atoms with E-state index < -0.39 is 18.0 Å². The zero-order chi connectivity index (χ0) is 17.5. The molecule has 1 aliphatic carbocycles. The second kappa shape index (κ2) is 8.70. The highest BCUT2D eigenvalue weighted by molar-refractivity contribution is 5.94. The molecule has 2 N–H and O–H groups in total. The first kappa shape index (κ1) is 18.3. The lowest BCUT2D eigenvalue weighted by atomic mass is 10.0. The van der Waals surface area contributed by atoms with Crippen LogP contribution in [-0.4, -0.2) is 37.2 Å². The van der Waals surface area contributed by atoms with Crippen LogP contribution < -0.4 is 10.6 Å². The van der Waals surface area contributed by atoms with E-state index in [2.05, 4.69) is 10.6 Å². The van der Waals surface area contributed by atoms with E-state index in [-0.39, 0.29) is 19.2 Å². The second-order valence-corrected chi connectivity index (χ2v) is 6.28. The van der Waals surface area contributed by atoms with Crippen molar-refractivity contribution in [3.63, 3.8) is 0 Å². The van der Waals surface area contributed by atoms with Gasteiger partial charge in [-0.2, -0.15) is 0 Å². The van der Waals surface area contributed by atoms with Crippen molar-refractivity contribution >= 4 is 18.0 Å². The zero-order valence-electron chi connectivity index (χ0n) is 14.4. The average molecular weight is 338 g/mol. The minimum atomic E-state index is -0.519. The molecule has 0 saturated heterocycles. The Morgan fingerprint density at radius 3 is 2.58 bits per heavy atom. The lowest BCUT2D eigenvalue weighted by molar-refractivity contribution is -0.144. The van der Waals surface area contributed by atoms with E-state index in [0.717, 1.165) is 6.42 Å². The highest BCUT2D eigenvalue weighted by Crippen LogP contribution is 2.28. The van der Waals surface area contributed by atoms with Crippen LogP contribution in [0.3, 0.4) is 0 Å². The molecule has 0 aromatic rings. The molecule has 0 aromatic carbocycles. The van der Waals surface area contributed by atoms with Crippen molar-refractivity contribution in [2.75, 3.05) is 13.2 Å². The third-order valence-electron chi connectivity index (χ3n) is 4.47. The molecule has 0 radical (unpaired) electrons. The van der Waals surface area contributed by atoms with Gasteiger partial charge in [0.05, 0.1) is 23.9 Å². The SMILES string of the molecule is CCOC(=O)C1=C(COC(=O)CCC2CCCC2)NC(=O)N[C@H]1C. The molecular weight excluding hydrogens is 312 g/mol. The summed E-state index contributed by atoms with van der Waals surface area (Å²) in [5.41, 5.74) is 0.582. The van der Waals surface area contributed by atoms with Crippen LogP contribution in [0.15, 0.2) is 11.3 Å². The van der Waals surface area contributed by atoms with E-state index in [1.165, 1.54) is 25.7 Å². The third kappa shape index (κ3) is 4.97. The van der Waals surface area contributed by atoms with Crippen molar-refractivity contribution in [1.82, 2.24) is 10.6 Å². The highest BCUT2D eigenvalue weighted by atomic mass is 16.5. The van der Waals surface area contributed by atoms with Crippen molar-refractivity contribution in [2.24, 2.45) is 5.92 Å². The molecule has 1 saturated carbocycles. The van der Waals surface area contributed by atoms with Crippen molar-refractivity contribution in [3.8, 4) is 0 Å². The van der Waals surface area contributed by atoms with Crippen molar-refractivity contribution in [3.05, 3.63) is 11.3 Å². The predicted octanol–water partition coefficient (Wildman–Crippen LogP) is 2.02. The third-order valence-corrected chi connectivity index (χ3v) is 4.47. The molecule has 2 aliphatic rings. The Morgan fingerprint density at radius 1 is 1.21 bits per heavy atom. The van der Waals surface area contributed by atoms with Gasteiger partial charge in [-0.05, 0) is 26.2 Å².